The Morgan fingerprint density at radius 2 is 1.96 bits per heavy atom. The van der Waals surface area contributed by atoms with Gasteiger partial charge in [0.1, 0.15) is 5.75 Å². The molecule has 1 fully saturated rings. The van der Waals surface area contributed by atoms with E-state index in [9.17, 15) is 0 Å². The van der Waals surface area contributed by atoms with Gasteiger partial charge >= 0.3 is 0 Å². The Hall–Kier alpha value is -1.70. The van der Waals surface area contributed by atoms with Gasteiger partial charge < -0.3 is 19.5 Å². The highest BCUT2D eigenvalue weighted by molar-refractivity contribution is 14.0. The number of halogens is 1. The molecular formula is C21H31IN4O. The van der Waals surface area contributed by atoms with Crippen molar-refractivity contribution in [2.45, 2.75) is 31.7 Å². The van der Waals surface area contributed by atoms with E-state index in [0.717, 1.165) is 31.3 Å². The number of guanidine groups is 1. The van der Waals surface area contributed by atoms with E-state index in [1.165, 1.54) is 24.1 Å². The minimum atomic E-state index is 0. The van der Waals surface area contributed by atoms with Gasteiger partial charge in [-0.1, -0.05) is 12.1 Å². The fourth-order valence-corrected chi connectivity index (χ4v) is 3.31. The number of aromatic nitrogens is 1. The second kappa shape index (κ2) is 9.48. The van der Waals surface area contributed by atoms with Crippen LogP contribution in [0.5, 0.6) is 5.75 Å². The highest BCUT2D eigenvalue weighted by atomic mass is 127. The summed E-state index contributed by atoms with van der Waals surface area (Å²) in [4.78, 5) is 7.17. The van der Waals surface area contributed by atoms with Crippen molar-refractivity contribution < 1.29 is 4.74 Å². The lowest BCUT2D eigenvalue weighted by Crippen LogP contribution is -2.39. The van der Waals surface area contributed by atoms with Crippen LogP contribution >= 0.6 is 24.0 Å². The normalized spacial score (nSPS) is 15.0. The first-order valence-electron chi connectivity index (χ1n) is 9.32. The van der Waals surface area contributed by atoms with Gasteiger partial charge in [0.05, 0.1) is 20.2 Å². The predicted octanol–water partition coefficient (Wildman–Crippen LogP) is 3.78. The molecule has 1 aliphatic rings. The average Bonchev–Trinajstić information content (AvgIpc) is 3.35. The lowest BCUT2D eigenvalue weighted by Gasteiger charge is -2.23. The number of aliphatic imine (C=N–C) groups is 1. The Morgan fingerprint density at radius 1 is 1.26 bits per heavy atom. The number of nitrogens with one attached hydrogen (secondary N) is 1. The zero-order valence-corrected chi connectivity index (χ0v) is 19.1. The maximum atomic E-state index is 5.28. The second-order valence-electron chi connectivity index (χ2n) is 7.15. The molecule has 1 N–H and O–H groups in total. The van der Waals surface area contributed by atoms with Gasteiger partial charge in [-0.3, -0.25) is 4.99 Å². The molecule has 6 heteroatoms. The minimum Gasteiger partial charge on any atom is -0.497 e. The van der Waals surface area contributed by atoms with E-state index in [0.29, 0.717) is 0 Å². The molecule has 5 nitrogen and oxygen atoms in total. The molecule has 27 heavy (non-hydrogen) atoms. The van der Waals surface area contributed by atoms with E-state index in [-0.39, 0.29) is 29.4 Å². The van der Waals surface area contributed by atoms with Gasteiger partial charge in [-0.2, -0.15) is 0 Å². The summed E-state index contributed by atoms with van der Waals surface area (Å²) in [5, 5.41) is 3.43. The molecule has 0 spiro atoms. The highest BCUT2D eigenvalue weighted by Gasteiger charge is 2.44. The van der Waals surface area contributed by atoms with E-state index in [4.69, 9.17) is 9.73 Å². The van der Waals surface area contributed by atoms with E-state index in [1.54, 1.807) is 7.11 Å². The number of hydrogen-bond acceptors (Lipinski definition) is 2. The standard InChI is InChI=1S/C21H30N4O.HI/c1-5-22-20(25(3)15-18-7-6-14-24(18)2)23-16-21(12-13-21)17-8-10-19(26-4)11-9-17;/h6-11,14H,5,12-13,15-16H2,1-4H3,(H,22,23);1H. The Labute approximate surface area is 179 Å². The molecule has 0 bridgehead atoms. The summed E-state index contributed by atoms with van der Waals surface area (Å²) in [5.41, 5.74) is 2.83. The molecule has 0 amide bonds. The Morgan fingerprint density at radius 3 is 2.48 bits per heavy atom. The Bertz CT molecular complexity index is 750. The number of hydrogen-bond donors (Lipinski definition) is 1. The molecule has 0 saturated heterocycles. The third-order valence-corrected chi connectivity index (χ3v) is 5.23. The van der Waals surface area contributed by atoms with E-state index >= 15 is 0 Å². The van der Waals surface area contributed by atoms with Gasteiger partial charge in [0.15, 0.2) is 5.96 Å². The summed E-state index contributed by atoms with van der Waals surface area (Å²) < 4.78 is 7.43. The van der Waals surface area contributed by atoms with Gasteiger partial charge in [-0.15, -0.1) is 24.0 Å². The van der Waals surface area contributed by atoms with Gasteiger partial charge in [-0.05, 0) is 49.6 Å². The van der Waals surface area contributed by atoms with Gasteiger partial charge in [-0.25, -0.2) is 0 Å². The van der Waals surface area contributed by atoms with Crippen LogP contribution < -0.4 is 10.1 Å². The molecule has 3 rings (SSSR count). The van der Waals surface area contributed by atoms with Crippen LogP contribution in [0.15, 0.2) is 47.6 Å². The van der Waals surface area contributed by atoms with Crippen LogP contribution in [0.25, 0.3) is 0 Å². The lowest BCUT2D eigenvalue weighted by atomic mass is 9.96. The molecule has 148 valence electrons. The van der Waals surface area contributed by atoms with Crippen molar-refractivity contribution in [1.29, 1.82) is 0 Å². The Kier molecular flexibility index (Phi) is 7.59. The smallest absolute Gasteiger partial charge is 0.194 e. The summed E-state index contributed by atoms with van der Waals surface area (Å²) >= 11 is 0. The Balaban J connectivity index is 0.00000261. The third-order valence-electron chi connectivity index (χ3n) is 5.23. The van der Waals surface area contributed by atoms with Crippen LogP contribution in [0.1, 0.15) is 31.0 Å². The summed E-state index contributed by atoms with van der Waals surface area (Å²) in [7, 11) is 5.88. The zero-order valence-electron chi connectivity index (χ0n) is 16.7. The van der Waals surface area contributed by atoms with Crippen LogP contribution in [0.2, 0.25) is 0 Å². The van der Waals surface area contributed by atoms with Crippen LogP contribution in [0.3, 0.4) is 0 Å². The van der Waals surface area contributed by atoms with Crippen LogP contribution in [0, 0.1) is 0 Å². The molecule has 1 aliphatic carbocycles. The second-order valence-corrected chi connectivity index (χ2v) is 7.15. The van der Waals surface area contributed by atoms with Gasteiger partial charge in [0, 0.05) is 37.9 Å². The van der Waals surface area contributed by atoms with Crippen LogP contribution in [-0.2, 0) is 19.0 Å². The quantitative estimate of drug-likeness (QED) is 0.371. The van der Waals surface area contributed by atoms with E-state index < -0.39 is 0 Å². The first-order chi connectivity index (χ1) is 12.6. The first kappa shape index (κ1) is 21.6. The van der Waals surface area contributed by atoms with Crippen molar-refractivity contribution in [3.63, 3.8) is 0 Å². The largest absolute Gasteiger partial charge is 0.497 e. The van der Waals surface area contributed by atoms with E-state index in [1.807, 2.05) is 12.1 Å². The number of benzene rings is 1. The fourth-order valence-electron chi connectivity index (χ4n) is 3.31. The van der Waals surface area contributed by atoms with Crippen molar-refractivity contribution >= 4 is 29.9 Å². The lowest BCUT2D eigenvalue weighted by molar-refractivity contribution is 0.414. The molecule has 0 radical (unpaired) electrons. The topological polar surface area (TPSA) is 41.8 Å². The summed E-state index contributed by atoms with van der Waals surface area (Å²) in [6.07, 6.45) is 4.48. The monoisotopic (exact) mass is 482 g/mol. The summed E-state index contributed by atoms with van der Waals surface area (Å²) in [5.74, 6) is 1.87. The van der Waals surface area contributed by atoms with Crippen molar-refractivity contribution in [3.05, 3.63) is 53.9 Å². The van der Waals surface area contributed by atoms with Gasteiger partial charge in [0.2, 0.25) is 0 Å². The number of aryl methyl sites for hydroxylation is 1. The number of ether oxygens (including phenoxy) is 1. The van der Waals surface area contributed by atoms with Crippen molar-refractivity contribution in [3.8, 4) is 5.75 Å². The molecule has 0 unspecified atom stereocenters. The molecule has 0 aliphatic heterocycles. The number of methoxy groups -OCH3 is 1. The first-order valence-corrected chi connectivity index (χ1v) is 9.32. The molecule has 1 aromatic carbocycles. The predicted molar refractivity (Wildman–Crippen MR) is 122 cm³/mol. The van der Waals surface area contributed by atoms with Gasteiger partial charge in [0.25, 0.3) is 0 Å². The summed E-state index contributed by atoms with van der Waals surface area (Å²) in [6.45, 7) is 4.64. The van der Waals surface area contributed by atoms with Crippen LogP contribution in [0.4, 0.5) is 0 Å². The van der Waals surface area contributed by atoms with E-state index in [2.05, 4.69) is 66.3 Å². The molecular weight excluding hydrogens is 451 g/mol. The molecule has 1 aromatic heterocycles. The molecule has 2 aromatic rings. The SMILES string of the molecule is CCNC(=NCC1(c2ccc(OC)cc2)CC1)N(C)Cc1cccn1C.I. The molecule has 1 heterocycles. The maximum Gasteiger partial charge on any atom is 0.194 e. The molecule has 0 atom stereocenters. The number of rotatable bonds is 7. The average molecular weight is 482 g/mol. The fraction of sp³-hybridized carbons (Fsp3) is 0.476. The van der Waals surface area contributed by atoms with Crippen LogP contribution in [-0.4, -0.2) is 42.7 Å². The zero-order chi connectivity index (χ0) is 18.6. The summed E-state index contributed by atoms with van der Waals surface area (Å²) in [6, 6.07) is 12.7. The maximum absolute atomic E-state index is 5.28. The minimum absolute atomic E-state index is 0. The third kappa shape index (κ3) is 5.18. The number of nitrogens with zero attached hydrogens (tertiary/aromatic N) is 3. The van der Waals surface area contributed by atoms with Crippen molar-refractivity contribution in [2.75, 3.05) is 27.2 Å². The van der Waals surface area contributed by atoms with Crippen molar-refractivity contribution in [1.82, 2.24) is 14.8 Å². The molecule has 1 saturated carbocycles. The highest BCUT2D eigenvalue weighted by Crippen LogP contribution is 2.48. The van der Waals surface area contributed by atoms with Crippen molar-refractivity contribution in [2.24, 2.45) is 12.0 Å².